The van der Waals surface area contributed by atoms with Gasteiger partial charge in [0.25, 0.3) is 0 Å². The molecule has 3 aromatic rings. The number of fused-ring (bicyclic) bond motifs is 1. The molecule has 0 spiro atoms. The molecule has 1 amide bonds. The minimum Gasteiger partial charge on any atom is -0.330 e. The Hall–Kier alpha value is -2.38. The first-order valence-corrected chi connectivity index (χ1v) is 10.7. The third-order valence-corrected chi connectivity index (χ3v) is 6.48. The van der Waals surface area contributed by atoms with E-state index >= 15 is 0 Å². The molecule has 2 aromatic carbocycles. The first-order valence-electron chi connectivity index (χ1n) is 8.88. The zero-order valence-electron chi connectivity index (χ0n) is 15.0. The summed E-state index contributed by atoms with van der Waals surface area (Å²) in [6.45, 7) is 2.83. The molecule has 4 rings (SSSR count). The van der Waals surface area contributed by atoms with Crippen LogP contribution in [0.3, 0.4) is 0 Å². The summed E-state index contributed by atoms with van der Waals surface area (Å²) < 4.78 is 0.796. The number of thioether (sulfide) groups is 1. The van der Waals surface area contributed by atoms with Gasteiger partial charge in [0, 0.05) is 17.9 Å². The fourth-order valence-electron chi connectivity index (χ4n) is 3.14. The van der Waals surface area contributed by atoms with Crippen LogP contribution < -0.4 is 10.2 Å². The lowest BCUT2D eigenvalue weighted by atomic mass is 10.0. The van der Waals surface area contributed by atoms with Crippen LogP contribution in [0, 0.1) is 6.92 Å². The first kappa shape index (κ1) is 18.0. The first-order chi connectivity index (χ1) is 13.2. The van der Waals surface area contributed by atoms with Crippen molar-refractivity contribution in [3.05, 3.63) is 59.7 Å². The van der Waals surface area contributed by atoms with Crippen molar-refractivity contribution in [2.24, 2.45) is 0 Å². The Morgan fingerprint density at radius 2 is 2.00 bits per heavy atom. The number of hydrogen-bond donors (Lipinski definition) is 1. The summed E-state index contributed by atoms with van der Waals surface area (Å²) in [5.41, 5.74) is 4.48. The molecule has 7 heteroatoms. The zero-order chi connectivity index (χ0) is 18.6. The number of benzene rings is 2. The quantitative estimate of drug-likeness (QED) is 0.636. The van der Waals surface area contributed by atoms with Crippen LogP contribution in [0.1, 0.15) is 17.5 Å². The van der Waals surface area contributed by atoms with Crippen LogP contribution in [-0.4, -0.2) is 28.4 Å². The lowest BCUT2D eigenvalue weighted by Crippen LogP contribution is -2.36. The van der Waals surface area contributed by atoms with Crippen molar-refractivity contribution in [1.29, 1.82) is 0 Å². The van der Waals surface area contributed by atoms with Crippen molar-refractivity contribution in [3.63, 3.8) is 0 Å². The molecule has 1 aromatic heterocycles. The molecule has 1 N–H and O–H groups in total. The molecular formula is C20H20N4OS2. The third kappa shape index (κ3) is 4.14. The van der Waals surface area contributed by atoms with Gasteiger partial charge in [0.05, 0.1) is 5.75 Å². The van der Waals surface area contributed by atoms with E-state index in [1.54, 1.807) is 0 Å². The van der Waals surface area contributed by atoms with Gasteiger partial charge in [-0.15, -0.1) is 10.2 Å². The van der Waals surface area contributed by atoms with Gasteiger partial charge in [-0.05, 0) is 43.0 Å². The number of para-hydroxylation sites is 2. The van der Waals surface area contributed by atoms with Crippen molar-refractivity contribution in [2.45, 2.75) is 24.1 Å². The van der Waals surface area contributed by atoms with E-state index in [0.29, 0.717) is 5.75 Å². The minimum atomic E-state index is 0.121. The third-order valence-electron chi connectivity index (χ3n) is 4.52. The summed E-state index contributed by atoms with van der Waals surface area (Å²) in [6, 6.07) is 16.2. The normalized spacial score (nSPS) is 13.3. The largest absolute Gasteiger partial charge is 0.330 e. The SMILES string of the molecule is Cc1ccccc1Nc1nnc(SCC(=O)N2CCCc3ccccc32)s1. The summed E-state index contributed by atoms with van der Waals surface area (Å²) in [5, 5.41) is 12.4. The number of anilines is 3. The molecule has 0 saturated carbocycles. The Balaban J connectivity index is 1.38. The predicted molar refractivity (Wildman–Crippen MR) is 112 cm³/mol. The van der Waals surface area contributed by atoms with Crippen molar-refractivity contribution in [3.8, 4) is 0 Å². The van der Waals surface area contributed by atoms with E-state index in [0.717, 1.165) is 45.8 Å². The maximum Gasteiger partial charge on any atom is 0.237 e. The van der Waals surface area contributed by atoms with Gasteiger partial charge in [0.2, 0.25) is 11.0 Å². The molecule has 0 radical (unpaired) electrons. The maximum atomic E-state index is 12.7. The second-order valence-corrected chi connectivity index (χ2v) is 8.58. The van der Waals surface area contributed by atoms with Gasteiger partial charge >= 0.3 is 0 Å². The molecule has 1 aliphatic rings. The fraction of sp³-hybridized carbons (Fsp3) is 0.250. The average Bonchev–Trinajstić information content (AvgIpc) is 3.15. The molecule has 138 valence electrons. The number of aryl methyl sites for hydroxylation is 2. The van der Waals surface area contributed by atoms with E-state index in [9.17, 15) is 4.79 Å². The van der Waals surface area contributed by atoms with Crippen LogP contribution in [0.25, 0.3) is 0 Å². The number of carbonyl (C=O) groups excluding carboxylic acids is 1. The summed E-state index contributed by atoms with van der Waals surface area (Å²) in [7, 11) is 0. The molecule has 0 atom stereocenters. The Morgan fingerprint density at radius 1 is 1.19 bits per heavy atom. The molecule has 2 heterocycles. The van der Waals surface area contributed by atoms with Gasteiger partial charge in [-0.1, -0.05) is 59.5 Å². The molecule has 0 saturated heterocycles. The topological polar surface area (TPSA) is 58.1 Å². The predicted octanol–water partition coefficient (Wildman–Crippen LogP) is 4.66. The number of amides is 1. The van der Waals surface area contributed by atoms with Crippen LogP contribution in [-0.2, 0) is 11.2 Å². The maximum absolute atomic E-state index is 12.7. The Morgan fingerprint density at radius 3 is 2.89 bits per heavy atom. The Kier molecular flexibility index (Phi) is 5.40. The standard InChI is InChI=1S/C20H20N4OS2/c1-14-7-2-4-10-16(14)21-19-22-23-20(27-19)26-13-18(25)24-12-6-9-15-8-3-5-11-17(15)24/h2-5,7-8,10-11H,6,9,12-13H2,1H3,(H,21,22). The van der Waals surface area contributed by atoms with E-state index in [1.165, 1.54) is 28.7 Å². The summed E-state index contributed by atoms with van der Waals surface area (Å²) in [4.78, 5) is 14.6. The highest BCUT2D eigenvalue weighted by molar-refractivity contribution is 8.01. The van der Waals surface area contributed by atoms with Crippen LogP contribution in [0.15, 0.2) is 52.9 Å². The van der Waals surface area contributed by atoms with Crippen LogP contribution in [0.4, 0.5) is 16.5 Å². The summed E-state index contributed by atoms with van der Waals surface area (Å²) in [5.74, 6) is 0.489. The summed E-state index contributed by atoms with van der Waals surface area (Å²) >= 11 is 2.92. The fourth-order valence-corrected chi connectivity index (χ4v) is 4.78. The van der Waals surface area contributed by atoms with E-state index in [4.69, 9.17) is 0 Å². The molecule has 5 nitrogen and oxygen atoms in total. The van der Waals surface area contributed by atoms with Gasteiger partial charge in [-0.2, -0.15) is 0 Å². The van der Waals surface area contributed by atoms with E-state index in [1.807, 2.05) is 54.3 Å². The van der Waals surface area contributed by atoms with Crippen LogP contribution in [0.5, 0.6) is 0 Å². The molecule has 27 heavy (non-hydrogen) atoms. The van der Waals surface area contributed by atoms with Crippen molar-refractivity contribution >= 4 is 45.5 Å². The highest BCUT2D eigenvalue weighted by atomic mass is 32.2. The monoisotopic (exact) mass is 396 g/mol. The van der Waals surface area contributed by atoms with Crippen LogP contribution >= 0.6 is 23.1 Å². The van der Waals surface area contributed by atoms with Crippen molar-refractivity contribution in [1.82, 2.24) is 10.2 Å². The van der Waals surface area contributed by atoms with E-state index < -0.39 is 0 Å². The molecule has 1 aliphatic heterocycles. The molecule has 0 fully saturated rings. The molecule has 0 unspecified atom stereocenters. The molecule has 0 bridgehead atoms. The second-order valence-electron chi connectivity index (χ2n) is 6.38. The van der Waals surface area contributed by atoms with Crippen molar-refractivity contribution in [2.75, 3.05) is 22.5 Å². The number of rotatable bonds is 5. The Labute approximate surface area is 166 Å². The number of aromatic nitrogens is 2. The van der Waals surface area contributed by atoms with Gasteiger partial charge in [-0.25, -0.2) is 0 Å². The molecular weight excluding hydrogens is 376 g/mol. The number of hydrogen-bond acceptors (Lipinski definition) is 6. The molecule has 0 aliphatic carbocycles. The second kappa shape index (κ2) is 8.10. The number of nitrogens with one attached hydrogen (secondary N) is 1. The lowest BCUT2D eigenvalue weighted by Gasteiger charge is -2.29. The highest BCUT2D eigenvalue weighted by Gasteiger charge is 2.22. The van der Waals surface area contributed by atoms with Gasteiger partial charge in [-0.3, -0.25) is 4.79 Å². The average molecular weight is 397 g/mol. The number of carbonyl (C=O) groups is 1. The van der Waals surface area contributed by atoms with Gasteiger partial charge in [0.1, 0.15) is 0 Å². The smallest absolute Gasteiger partial charge is 0.237 e. The summed E-state index contributed by atoms with van der Waals surface area (Å²) in [6.07, 6.45) is 2.05. The van der Waals surface area contributed by atoms with E-state index in [2.05, 4.69) is 21.6 Å². The lowest BCUT2D eigenvalue weighted by molar-refractivity contribution is -0.116. The van der Waals surface area contributed by atoms with Gasteiger partial charge in [0.15, 0.2) is 4.34 Å². The van der Waals surface area contributed by atoms with Crippen molar-refractivity contribution < 1.29 is 4.79 Å². The van der Waals surface area contributed by atoms with Gasteiger partial charge < -0.3 is 10.2 Å². The zero-order valence-corrected chi connectivity index (χ0v) is 16.6. The van der Waals surface area contributed by atoms with E-state index in [-0.39, 0.29) is 5.91 Å². The number of nitrogens with zero attached hydrogens (tertiary/aromatic N) is 3. The highest BCUT2D eigenvalue weighted by Crippen LogP contribution is 2.31. The van der Waals surface area contributed by atoms with Crippen LogP contribution in [0.2, 0.25) is 0 Å². The Bertz CT molecular complexity index is 956. The minimum absolute atomic E-state index is 0.121.